The Morgan fingerprint density at radius 2 is 0.897 bits per heavy atom. The summed E-state index contributed by atoms with van der Waals surface area (Å²) in [5.74, 6) is 1.66. The normalized spacial score (nSPS) is 12.9. The molecule has 0 N–H and O–H groups in total. The van der Waals surface area contributed by atoms with E-state index in [0.717, 1.165) is 44.2 Å². The van der Waals surface area contributed by atoms with Gasteiger partial charge in [-0.3, -0.25) is 0 Å². The quantitative estimate of drug-likeness (QED) is 0.180. The molecular weight excluding hydrogens is 707 g/mol. The van der Waals surface area contributed by atoms with Crippen molar-refractivity contribution in [1.82, 2.24) is 19.5 Å². The third-order valence-electron chi connectivity index (χ3n) is 12.1. The standard InChI is InChI=1S/C53H31N5/c54-32-36-29-35(52-56-50(33-15-3-1-4-16-33)55-51(57-52)34-17-5-2-6-18-34)27-28-47(36)58-48-26-14-10-22-40(48)42-30-46-41(31-49(42)58)39-21-9-13-25-45(39)53(46)43-23-11-7-19-37(43)38-20-8-12-24-44(38)53/h1-31H. The molecule has 2 heterocycles. The first kappa shape index (κ1) is 32.3. The predicted molar refractivity (Wildman–Crippen MR) is 231 cm³/mol. The lowest BCUT2D eigenvalue weighted by molar-refractivity contribution is 0.795. The van der Waals surface area contributed by atoms with Crippen LogP contribution >= 0.6 is 0 Å². The van der Waals surface area contributed by atoms with Gasteiger partial charge in [0.05, 0.1) is 27.7 Å². The largest absolute Gasteiger partial charge is 0.308 e. The van der Waals surface area contributed by atoms with Crippen molar-refractivity contribution >= 4 is 21.8 Å². The Morgan fingerprint density at radius 1 is 0.397 bits per heavy atom. The van der Waals surface area contributed by atoms with E-state index in [0.29, 0.717) is 23.0 Å². The molecule has 0 saturated heterocycles. The molecule has 0 radical (unpaired) electrons. The third-order valence-corrected chi connectivity index (χ3v) is 12.1. The van der Waals surface area contributed by atoms with Crippen molar-refractivity contribution in [3.63, 3.8) is 0 Å². The lowest BCUT2D eigenvalue weighted by atomic mass is 9.70. The van der Waals surface area contributed by atoms with Crippen molar-refractivity contribution in [2.75, 3.05) is 0 Å². The zero-order valence-corrected chi connectivity index (χ0v) is 31.1. The van der Waals surface area contributed by atoms with Crippen LogP contribution in [0.4, 0.5) is 0 Å². The summed E-state index contributed by atoms with van der Waals surface area (Å²) < 4.78 is 2.26. The Hall–Kier alpha value is -7.94. The van der Waals surface area contributed by atoms with E-state index in [1.165, 1.54) is 44.5 Å². The van der Waals surface area contributed by atoms with E-state index in [2.05, 4.69) is 120 Å². The van der Waals surface area contributed by atoms with Crippen LogP contribution in [0, 0.1) is 11.3 Å². The van der Waals surface area contributed by atoms with Gasteiger partial charge in [-0.15, -0.1) is 0 Å². The first-order valence-corrected chi connectivity index (χ1v) is 19.5. The molecule has 10 aromatic rings. The highest BCUT2D eigenvalue weighted by Gasteiger charge is 2.51. The van der Waals surface area contributed by atoms with E-state index in [9.17, 15) is 5.26 Å². The van der Waals surface area contributed by atoms with Crippen molar-refractivity contribution in [2.45, 2.75) is 5.41 Å². The summed E-state index contributed by atoms with van der Waals surface area (Å²) in [6.45, 7) is 0. The zero-order chi connectivity index (χ0) is 38.4. The number of aromatic nitrogens is 4. The van der Waals surface area contributed by atoms with Gasteiger partial charge in [-0.2, -0.15) is 5.26 Å². The fourth-order valence-electron chi connectivity index (χ4n) is 9.71. The molecule has 0 bridgehead atoms. The summed E-state index contributed by atoms with van der Waals surface area (Å²) >= 11 is 0. The number of rotatable bonds is 4. The second kappa shape index (κ2) is 12.3. The SMILES string of the molecule is N#Cc1cc(-c2nc(-c3ccccc3)nc(-c3ccccc3)n2)ccc1-n1c2ccccc2c2cc3c(cc21)-c1ccccc1C31c2ccccc2-c2ccccc21. The maximum atomic E-state index is 10.9. The summed E-state index contributed by atoms with van der Waals surface area (Å²) in [6, 6.07) is 68.5. The molecule has 0 unspecified atom stereocenters. The van der Waals surface area contributed by atoms with Gasteiger partial charge in [-0.05, 0) is 80.9 Å². The van der Waals surface area contributed by atoms with Crippen LogP contribution < -0.4 is 0 Å². The molecule has 0 amide bonds. The van der Waals surface area contributed by atoms with Crippen LogP contribution in [-0.2, 0) is 5.41 Å². The number of nitrogens with zero attached hydrogens (tertiary/aromatic N) is 5. The minimum absolute atomic E-state index is 0.447. The predicted octanol–water partition coefficient (Wildman–Crippen LogP) is 12.2. The van der Waals surface area contributed by atoms with Gasteiger partial charge >= 0.3 is 0 Å². The van der Waals surface area contributed by atoms with Crippen LogP contribution in [0.5, 0.6) is 0 Å². The molecule has 268 valence electrons. The lowest BCUT2D eigenvalue weighted by Crippen LogP contribution is -2.25. The molecule has 0 aliphatic heterocycles. The molecule has 0 atom stereocenters. The van der Waals surface area contributed by atoms with Crippen molar-refractivity contribution in [3.8, 4) is 68.2 Å². The van der Waals surface area contributed by atoms with Gasteiger partial charge in [0.15, 0.2) is 17.5 Å². The first-order valence-electron chi connectivity index (χ1n) is 19.5. The zero-order valence-electron chi connectivity index (χ0n) is 31.1. The summed E-state index contributed by atoms with van der Waals surface area (Å²) in [7, 11) is 0. The highest BCUT2D eigenvalue weighted by Crippen LogP contribution is 2.63. The molecule has 5 heteroatoms. The van der Waals surface area contributed by atoms with E-state index < -0.39 is 5.41 Å². The average molecular weight is 738 g/mol. The minimum atomic E-state index is -0.447. The third kappa shape index (κ3) is 4.43. The van der Waals surface area contributed by atoms with E-state index in [-0.39, 0.29) is 0 Å². The average Bonchev–Trinajstić information content (AvgIpc) is 3.90. The number of para-hydroxylation sites is 1. The fourth-order valence-corrected chi connectivity index (χ4v) is 9.71. The molecule has 5 nitrogen and oxygen atoms in total. The molecule has 12 rings (SSSR count). The van der Waals surface area contributed by atoms with Gasteiger partial charge in [-0.1, -0.05) is 152 Å². The Bertz CT molecular complexity index is 3250. The first-order chi connectivity index (χ1) is 28.7. The highest BCUT2D eigenvalue weighted by molar-refractivity contribution is 6.12. The molecule has 8 aromatic carbocycles. The molecule has 0 saturated carbocycles. The van der Waals surface area contributed by atoms with Gasteiger partial charge < -0.3 is 4.57 Å². The summed E-state index contributed by atoms with van der Waals surface area (Å²) in [4.78, 5) is 14.8. The highest BCUT2D eigenvalue weighted by atomic mass is 15.0. The second-order valence-electron chi connectivity index (χ2n) is 15.0. The van der Waals surface area contributed by atoms with Crippen molar-refractivity contribution in [3.05, 3.63) is 216 Å². The second-order valence-corrected chi connectivity index (χ2v) is 15.0. The van der Waals surface area contributed by atoms with Gasteiger partial charge in [-0.25, -0.2) is 15.0 Å². The van der Waals surface area contributed by atoms with Crippen LogP contribution in [0.25, 0.3) is 83.9 Å². The summed E-state index contributed by atoms with van der Waals surface area (Å²) in [6.07, 6.45) is 0. The van der Waals surface area contributed by atoms with E-state index in [1.807, 2.05) is 78.9 Å². The van der Waals surface area contributed by atoms with Crippen molar-refractivity contribution in [2.24, 2.45) is 0 Å². The molecule has 0 fully saturated rings. The number of hydrogen-bond acceptors (Lipinski definition) is 4. The molecule has 2 aromatic heterocycles. The van der Waals surface area contributed by atoms with E-state index >= 15 is 0 Å². The Kier molecular flexibility index (Phi) is 6.84. The Morgan fingerprint density at radius 3 is 1.48 bits per heavy atom. The van der Waals surface area contributed by atoms with Gasteiger partial charge in [0.1, 0.15) is 6.07 Å². The molecule has 1 spiro atoms. The maximum absolute atomic E-state index is 10.9. The maximum Gasteiger partial charge on any atom is 0.164 e. The molecular formula is C53H31N5. The topological polar surface area (TPSA) is 67.4 Å². The number of fused-ring (bicyclic) bond motifs is 13. The van der Waals surface area contributed by atoms with Gasteiger partial charge in [0.25, 0.3) is 0 Å². The summed E-state index contributed by atoms with van der Waals surface area (Å²) in [5.41, 5.74) is 15.7. The smallest absolute Gasteiger partial charge is 0.164 e. The monoisotopic (exact) mass is 737 g/mol. The van der Waals surface area contributed by atoms with E-state index in [1.54, 1.807) is 0 Å². The van der Waals surface area contributed by atoms with E-state index in [4.69, 9.17) is 15.0 Å². The van der Waals surface area contributed by atoms with Crippen LogP contribution in [0.1, 0.15) is 27.8 Å². The van der Waals surface area contributed by atoms with Crippen LogP contribution in [0.3, 0.4) is 0 Å². The summed E-state index contributed by atoms with van der Waals surface area (Å²) in [5, 5.41) is 13.2. The van der Waals surface area contributed by atoms with Gasteiger partial charge in [0.2, 0.25) is 0 Å². The van der Waals surface area contributed by atoms with Crippen molar-refractivity contribution < 1.29 is 0 Å². The molecule has 2 aliphatic carbocycles. The minimum Gasteiger partial charge on any atom is -0.308 e. The van der Waals surface area contributed by atoms with Crippen LogP contribution in [0.2, 0.25) is 0 Å². The molecule has 58 heavy (non-hydrogen) atoms. The molecule has 2 aliphatic rings. The van der Waals surface area contributed by atoms with Crippen LogP contribution in [-0.4, -0.2) is 19.5 Å². The number of benzene rings is 8. The van der Waals surface area contributed by atoms with Gasteiger partial charge in [0, 0.05) is 27.5 Å². The lowest BCUT2D eigenvalue weighted by Gasteiger charge is -2.30. The van der Waals surface area contributed by atoms with Crippen molar-refractivity contribution in [1.29, 1.82) is 5.26 Å². The Labute approximate surface area is 334 Å². The number of hydrogen-bond donors (Lipinski definition) is 0. The Balaban J connectivity index is 1.09. The van der Waals surface area contributed by atoms with Crippen LogP contribution in [0.15, 0.2) is 188 Å². The fraction of sp³-hybridized carbons (Fsp3) is 0.0189. The number of nitriles is 1.